The Balaban J connectivity index is 0. The lowest BCUT2D eigenvalue weighted by atomic mass is 10.1. The largest absolute Gasteiger partial charge is 0.359 e. The predicted octanol–water partition coefficient (Wildman–Crippen LogP) is 4.16. The Kier molecular flexibility index (Phi) is 19.9. The molecule has 4 heteroatoms. The molecule has 0 amide bonds. The molecule has 0 saturated carbocycles. The van der Waals surface area contributed by atoms with E-state index in [9.17, 15) is 0 Å². The van der Waals surface area contributed by atoms with Gasteiger partial charge in [0.2, 0.25) is 0 Å². The number of nitrogens with one attached hydrogen (secondary N) is 1. The molecular weight excluding hydrogens is 286 g/mol. The monoisotopic (exact) mass is 313 g/mol. The average molecular weight is 314 g/mol. The zero-order valence-corrected chi connectivity index (χ0v) is 14.5. The van der Waals surface area contributed by atoms with Crippen molar-refractivity contribution in [3.8, 4) is 0 Å². The van der Waals surface area contributed by atoms with Gasteiger partial charge in [-0.3, -0.25) is 0 Å². The highest BCUT2D eigenvalue weighted by Crippen LogP contribution is 2.11. The number of alkyl halides is 1. The number of methoxy groups -OCH3 is 2. The molecule has 3 nitrogen and oxygen atoms in total. The minimum Gasteiger partial charge on any atom is -0.359 e. The molecular formula is C17H28ClNO2. The number of hydrogen-bond acceptors (Lipinski definition) is 3. The first kappa shape index (κ1) is 22.2. The van der Waals surface area contributed by atoms with Crippen LogP contribution in [0.2, 0.25) is 0 Å². The second-order valence-electron chi connectivity index (χ2n) is 3.75. The van der Waals surface area contributed by atoms with Crippen LogP contribution in [-0.2, 0) is 9.47 Å². The number of hydrogen-bond donors (Lipinski definition) is 1. The maximum Gasteiger partial charge on any atom is 0.145 e. The maximum absolute atomic E-state index is 4.64. The molecule has 120 valence electrons. The Morgan fingerprint density at radius 2 is 1.14 bits per heavy atom. The summed E-state index contributed by atoms with van der Waals surface area (Å²) in [5, 5.41) is 5.55. The highest BCUT2D eigenvalue weighted by Gasteiger charge is 1.85. The van der Waals surface area contributed by atoms with E-state index in [0.717, 1.165) is 6.54 Å². The third-order valence-electron chi connectivity index (χ3n) is 2.25. The van der Waals surface area contributed by atoms with Gasteiger partial charge in [-0.2, -0.15) is 0 Å². The lowest BCUT2D eigenvalue weighted by Crippen LogP contribution is -2.01. The standard InChI is InChI=1S/C10H8.C3H9N.C3H8O2.CH3Cl/c1-2-6-10-8-4-3-7-9(10)5-1;1-3-4-2;1-4-3-5-2;1-2/h1-8H;4H,3H2,1-2H3;3H2,1-2H3;1H3. The first-order chi connectivity index (χ1) is 10.3. The molecule has 21 heavy (non-hydrogen) atoms. The molecule has 0 radical (unpaired) electrons. The van der Waals surface area contributed by atoms with E-state index in [1.54, 1.807) is 14.2 Å². The fourth-order valence-corrected chi connectivity index (χ4v) is 1.25. The summed E-state index contributed by atoms with van der Waals surface area (Å²) in [6, 6.07) is 16.7. The molecule has 0 atom stereocenters. The fraction of sp³-hybridized carbons (Fsp3) is 0.412. The van der Waals surface area contributed by atoms with E-state index in [0.29, 0.717) is 6.79 Å². The molecule has 2 rings (SSSR count). The van der Waals surface area contributed by atoms with E-state index in [4.69, 9.17) is 0 Å². The molecule has 0 fully saturated rings. The van der Waals surface area contributed by atoms with Crippen molar-refractivity contribution in [3.05, 3.63) is 48.5 Å². The zero-order valence-electron chi connectivity index (χ0n) is 13.7. The van der Waals surface area contributed by atoms with Crippen LogP contribution in [0.15, 0.2) is 48.5 Å². The van der Waals surface area contributed by atoms with Crippen molar-refractivity contribution in [2.24, 2.45) is 0 Å². The summed E-state index contributed by atoms with van der Waals surface area (Å²) in [6.45, 7) is 3.53. The van der Waals surface area contributed by atoms with Crippen LogP contribution in [-0.4, -0.2) is 41.0 Å². The van der Waals surface area contributed by atoms with E-state index in [1.807, 2.05) is 7.05 Å². The van der Waals surface area contributed by atoms with E-state index in [-0.39, 0.29) is 0 Å². The van der Waals surface area contributed by atoms with Crippen LogP contribution >= 0.6 is 11.6 Å². The summed E-state index contributed by atoms with van der Waals surface area (Å²) in [6.07, 6.45) is 1.47. The van der Waals surface area contributed by atoms with Crippen molar-refractivity contribution >= 4 is 22.4 Å². The van der Waals surface area contributed by atoms with Gasteiger partial charge in [0.05, 0.1) is 0 Å². The number of rotatable bonds is 3. The fourth-order valence-electron chi connectivity index (χ4n) is 1.25. The van der Waals surface area contributed by atoms with Gasteiger partial charge in [0, 0.05) is 20.6 Å². The SMILES string of the molecule is CCNC.CCl.COCOC.c1ccc2ccccc2c1. The van der Waals surface area contributed by atoms with Gasteiger partial charge < -0.3 is 14.8 Å². The van der Waals surface area contributed by atoms with Crippen LogP contribution in [0, 0.1) is 0 Å². The van der Waals surface area contributed by atoms with Crippen LogP contribution < -0.4 is 5.32 Å². The van der Waals surface area contributed by atoms with Gasteiger partial charge in [0.15, 0.2) is 0 Å². The van der Waals surface area contributed by atoms with Crippen molar-refractivity contribution < 1.29 is 9.47 Å². The first-order valence-corrected chi connectivity index (χ1v) is 7.49. The summed E-state index contributed by atoms with van der Waals surface area (Å²) < 4.78 is 8.94. The Labute approximate surface area is 134 Å². The van der Waals surface area contributed by atoms with Crippen LogP contribution in [0.25, 0.3) is 10.8 Å². The molecule has 0 bridgehead atoms. The molecule has 2 aromatic carbocycles. The predicted molar refractivity (Wildman–Crippen MR) is 94.2 cm³/mol. The van der Waals surface area contributed by atoms with E-state index < -0.39 is 0 Å². The normalized spacial score (nSPS) is 8.48. The molecule has 0 aliphatic heterocycles. The molecule has 0 heterocycles. The van der Waals surface area contributed by atoms with Crippen LogP contribution in [0.1, 0.15) is 6.92 Å². The van der Waals surface area contributed by atoms with Gasteiger partial charge in [-0.15, -0.1) is 11.6 Å². The summed E-state index contributed by atoms with van der Waals surface area (Å²) in [7, 11) is 5.10. The second-order valence-corrected chi connectivity index (χ2v) is 3.75. The van der Waals surface area contributed by atoms with E-state index >= 15 is 0 Å². The van der Waals surface area contributed by atoms with Crippen LogP contribution in [0.4, 0.5) is 0 Å². The highest BCUT2D eigenvalue weighted by molar-refractivity contribution is 6.15. The number of halogens is 1. The van der Waals surface area contributed by atoms with Crippen molar-refractivity contribution in [3.63, 3.8) is 0 Å². The minimum atomic E-state index is 0.389. The molecule has 2 aromatic rings. The third kappa shape index (κ3) is 13.6. The van der Waals surface area contributed by atoms with Crippen molar-refractivity contribution in [2.75, 3.05) is 41.0 Å². The van der Waals surface area contributed by atoms with Gasteiger partial charge in [-0.05, 0) is 24.4 Å². The summed E-state index contributed by atoms with van der Waals surface area (Å²) in [5.74, 6) is 0. The summed E-state index contributed by atoms with van der Waals surface area (Å²) in [5.41, 5.74) is 0. The molecule has 0 spiro atoms. The van der Waals surface area contributed by atoms with Gasteiger partial charge in [-0.25, -0.2) is 0 Å². The Morgan fingerprint density at radius 1 is 0.857 bits per heavy atom. The quantitative estimate of drug-likeness (QED) is 0.682. The zero-order chi connectivity index (χ0) is 16.3. The number of ether oxygens (including phenoxy) is 2. The maximum atomic E-state index is 4.64. The number of benzene rings is 2. The average Bonchev–Trinajstić information content (AvgIpc) is 2.58. The van der Waals surface area contributed by atoms with Crippen molar-refractivity contribution in [1.29, 1.82) is 0 Å². The van der Waals surface area contributed by atoms with Crippen molar-refractivity contribution in [2.45, 2.75) is 6.92 Å². The molecule has 0 aliphatic carbocycles. The van der Waals surface area contributed by atoms with Crippen molar-refractivity contribution in [1.82, 2.24) is 5.32 Å². The summed E-state index contributed by atoms with van der Waals surface area (Å²) >= 11 is 4.64. The topological polar surface area (TPSA) is 30.5 Å². The van der Waals surface area contributed by atoms with Crippen LogP contribution in [0.3, 0.4) is 0 Å². The smallest absolute Gasteiger partial charge is 0.145 e. The Bertz CT molecular complexity index is 355. The molecule has 0 aliphatic rings. The Morgan fingerprint density at radius 3 is 1.29 bits per heavy atom. The van der Waals surface area contributed by atoms with Gasteiger partial charge in [0.25, 0.3) is 0 Å². The van der Waals surface area contributed by atoms with Gasteiger partial charge >= 0.3 is 0 Å². The minimum absolute atomic E-state index is 0.389. The van der Waals surface area contributed by atoms with E-state index in [1.165, 1.54) is 17.2 Å². The second kappa shape index (κ2) is 18.9. The highest BCUT2D eigenvalue weighted by atomic mass is 35.5. The molecule has 1 N–H and O–H groups in total. The lowest BCUT2D eigenvalue weighted by Gasteiger charge is -1.92. The number of fused-ring (bicyclic) bond motifs is 1. The van der Waals surface area contributed by atoms with Gasteiger partial charge in [-0.1, -0.05) is 55.5 Å². The lowest BCUT2D eigenvalue weighted by molar-refractivity contribution is -0.00271. The molecule has 0 unspecified atom stereocenters. The Hall–Kier alpha value is -1.13. The first-order valence-electron chi connectivity index (χ1n) is 6.74. The molecule has 0 aromatic heterocycles. The molecule has 0 saturated heterocycles. The van der Waals surface area contributed by atoms with E-state index in [2.05, 4.69) is 81.8 Å². The van der Waals surface area contributed by atoms with Crippen LogP contribution in [0.5, 0.6) is 0 Å². The third-order valence-corrected chi connectivity index (χ3v) is 2.25. The van der Waals surface area contributed by atoms with Gasteiger partial charge in [0.1, 0.15) is 6.79 Å². The summed E-state index contributed by atoms with van der Waals surface area (Å²) in [4.78, 5) is 0.